The monoisotopic (exact) mass is 197 g/mol. The van der Waals surface area contributed by atoms with Crippen LogP contribution in [0.2, 0.25) is 0 Å². The van der Waals surface area contributed by atoms with E-state index in [0.717, 1.165) is 0 Å². The number of anilines is 1. The molecule has 0 radical (unpaired) electrons. The largest absolute Gasteiger partial charge is 0.297 e. The molecule has 0 unspecified atom stereocenters. The average molecular weight is 197 g/mol. The number of allylic oxidation sites excluding steroid dienone is 1. The predicted molar refractivity (Wildman–Crippen MR) is 52.7 cm³/mol. The van der Waals surface area contributed by atoms with Gasteiger partial charge < -0.3 is 0 Å². The fourth-order valence-electron chi connectivity index (χ4n) is 0.675. The van der Waals surface area contributed by atoms with Crippen molar-refractivity contribution in [2.24, 2.45) is 0 Å². The lowest BCUT2D eigenvalue weighted by molar-refractivity contribution is -0.112. The maximum atomic E-state index is 11.3. The lowest BCUT2D eigenvalue weighted by atomic mass is 10.3. The van der Waals surface area contributed by atoms with Gasteiger partial charge in [0.2, 0.25) is 5.13 Å². The molecule has 0 spiro atoms. The van der Waals surface area contributed by atoms with Gasteiger partial charge in [-0.2, -0.15) is 4.37 Å². The van der Waals surface area contributed by atoms with Gasteiger partial charge in [-0.05, 0) is 20.8 Å². The average Bonchev–Trinajstić information content (AvgIpc) is 2.49. The first kappa shape index (κ1) is 9.85. The van der Waals surface area contributed by atoms with Gasteiger partial charge in [0.05, 0.1) is 0 Å². The number of rotatable bonds is 2. The second kappa shape index (κ2) is 4.13. The van der Waals surface area contributed by atoms with Gasteiger partial charge in [-0.15, -0.1) is 0 Å². The van der Waals surface area contributed by atoms with Gasteiger partial charge in [0.25, 0.3) is 5.91 Å². The van der Waals surface area contributed by atoms with E-state index in [0.29, 0.717) is 16.5 Å². The Bertz CT molecular complexity index is 343. The van der Waals surface area contributed by atoms with Crippen molar-refractivity contribution in [3.8, 4) is 0 Å². The van der Waals surface area contributed by atoms with E-state index in [2.05, 4.69) is 14.7 Å². The molecule has 1 heterocycles. The number of amides is 1. The maximum absolute atomic E-state index is 11.3. The van der Waals surface area contributed by atoms with Crippen LogP contribution < -0.4 is 5.32 Å². The molecule has 1 N–H and O–H groups in total. The van der Waals surface area contributed by atoms with Crippen molar-refractivity contribution in [1.82, 2.24) is 9.36 Å². The second-order valence-corrected chi connectivity index (χ2v) is 3.32. The lowest BCUT2D eigenvalue weighted by Crippen LogP contribution is -2.12. The van der Waals surface area contributed by atoms with E-state index in [4.69, 9.17) is 0 Å². The van der Waals surface area contributed by atoms with E-state index in [-0.39, 0.29) is 5.91 Å². The summed E-state index contributed by atoms with van der Waals surface area (Å²) in [6, 6.07) is 0. The molecule has 0 bridgehead atoms. The van der Waals surface area contributed by atoms with Crippen molar-refractivity contribution in [1.29, 1.82) is 0 Å². The Balaban J connectivity index is 2.65. The molecule has 5 heteroatoms. The molecule has 13 heavy (non-hydrogen) atoms. The van der Waals surface area contributed by atoms with Crippen LogP contribution in [0.3, 0.4) is 0 Å². The third-order valence-corrected chi connectivity index (χ3v) is 2.26. The number of aromatic nitrogens is 2. The second-order valence-electron chi connectivity index (χ2n) is 2.57. The molecule has 0 saturated heterocycles. The summed E-state index contributed by atoms with van der Waals surface area (Å²) in [5.41, 5.74) is 0.674. The zero-order valence-electron chi connectivity index (χ0n) is 7.79. The molecule has 0 aromatic carbocycles. The number of hydrogen-bond acceptors (Lipinski definition) is 4. The minimum absolute atomic E-state index is 0.126. The van der Waals surface area contributed by atoms with Gasteiger partial charge in [0.1, 0.15) is 5.82 Å². The molecule has 0 aliphatic rings. The zero-order valence-corrected chi connectivity index (χ0v) is 8.60. The molecular weight excluding hydrogens is 186 g/mol. The smallest absolute Gasteiger partial charge is 0.252 e. The van der Waals surface area contributed by atoms with E-state index in [9.17, 15) is 4.79 Å². The number of hydrogen-bond donors (Lipinski definition) is 1. The summed E-state index contributed by atoms with van der Waals surface area (Å²) in [4.78, 5) is 15.3. The van der Waals surface area contributed by atoms with Crippen LogP contribution in [-0.4, -0.2) is 15.3 Å². The van der Waals surface area contributed by atoms with E-state index >= 15 is 0 Å². The van der Waals surface area contributed by atoms with Crippen LogP contribution in [0.5, 0.6) is 0 Å². The first-order valence-electron chi connectivity index (χ1n) is 3.88. The zero-order chi connectivity index (χ0) is 9.84. The van der Waals surface area contributed by atoms with Gasteiger partial charge >= 0.3 is 0 Å². The highest BCUT2D eigenvalue weighted by Gasteiger charge is 2.06. The summed E-state index contributed by atoms with van der Waals surface area (Å²) >= 11 is 1.19. The molecule has 0 fully saturated rings. The summed E-state index contributed by atoms with van der Waals surface area (Å²) in [5.74, 6) is 0.553. The van der Waals surface area contributed by atoms with Gasteiger partial charge in [-0.25, -0.2) is 4.98 Å². The molecular formula is C8H11N3OS. The molecule has 0 aliphatic carbocycles. The SMILES string of the molecule is C/C=C(/C)C(=O)Nc1nc(C)ns1. The molecule has 4 nitrogen and oxygen atoms in total. The van der Waals surface area contributed by atoms with Crippen LogP contribution in [0.25, 0.3) is 0 Å². The number of carbonyl (C=O) groups excluding carboxylic acids is 1. The Labute approximate surface area is 80.9 Å². The lowest BCUT2D eigenvalue weighted by Gasteiger charge is -1.98. The highest BCUT2D eigenvalue weighted by molar-refractivity contribution is 7.09. The third-order valence-electron chi connectivity index (χ3n) is 1.54. The Kier molecular flexibility index (Phi) is 3.13. The van der Waals surface area contributed by atoms with E-state index < -0.39 is 0 Å². The number of nitrogens with one attached hydrogen (secondary N) is 1. The first-order valence-corrected chi connectivity index (χ1v) is 4.65. The summed E-state index contributed by atoms with van der Waals surface area (Å²) in [6.07, 6.45) is 1.75. The highest BCUT2D eigenvalue weighted by atomic mass is 32.1. The molecule has 1 aromatic heterocycles. The molecule has 1 rings (SSSR count). The van der Waals surface area contributed by atoms with E-state index in [1.165, 1.54) is 11.5 Å². The van der Waals surface area contributed by atoms with Crippen molar-refractivity contribution in [3.05, 3.63) is 17.5 Å². The van der Waals surface area contributed by atoms with Crippen LogP contribution >= 0.6 is 11.5 Å². The fraction of sp³-hybridized carbons (Fsp3) is 0.375. The third kappa shape index (κ3) is 2.62. The Morgan fingerprint density at radius 2 is 2.31 bits per heavy atom. The van der Waals surface area contributed by atoms with Crippen LogP contribution in [0, 0.1) is 6.92 Å². The highest BCUT2D eigenvalue weighted by Crippen LogP contribution is 2.10. The Morgan fingerprint density at radius 1 is 1.62 bits per heavy atom. The van der Waals surface area contributed by atoms with Crippen LogP contribution in [0.4, 0.5) is 5.13 Å². The normalized spacial score (nSPS) is 11.5. The summed E-state index contributed by atoms with van der Waals surface area (Å²) < 4.78 is 3.95. The van der Waals surface area contributed by atoms with Gasteiger partial charge in [0.15, 0.2) is 0 Å². The molecule has 70 valence electrons. The van der Waals surface area contributed by atoms with Crippen LogP contribution in [0.15, 0.2) is 11.6 Å². The first-order chi connectivity index (χ1) is 6.13. The quantitative estimate of drug-likeness (QED) is 0.735. The van der Waals surface area contributed by atoms with E-state index in [1.54, 1.807) is 19.9 Å². The number of aryl methyl sites for hydroxylation is 1. The van der Waals surface area contributed by atoms with Crippen LogP contribution in [0.1, 0.15) is 19.7 Å². The van der Waals surface area contributed by atoms with Crippen molar-refractivity contribution in [2.75, 3.05) is 5.32 Å². The Hall–Kier alpha value is -1.23. The molecule has 0 atom stereocenters. The molecule has 0 saturated carbocycles. The van der Waals surface area contributed by atoms with Gasteiger partial charge in [-0.1, -0.05) is 6.08 Å². The topological polar surface area (TPSA) is 54.9 Å². The summed E-state index contributed by atoms with van der Waals surface area (Å²) in [5, 5.41) is 3.20. The maximum Gasteiger partial charge on any atom is 0.252 e. The van der Waals surface area contributed by atoms with Gasteiger partial charge in [-0.3, -0.25) is 10.1 Å². The fourth-order valence-corrected chi connectivity index (χ4v) is 1.25. The number of nitrogens with zero attached hydrogens (tertiary/aromatic N) is 2. The van der Waals surface area contributed by atoms with E-state index in [1.807, 2.05) is 6.92 Å². The predicted octanol–water partition coefficient (Wildman–Crippen LogP) is 1.75. The van der Waals surface area contributed by atoms with Crippen molar-refractivity contribution in [3.63, 3.8) is 0 Å². The summed E-state index contributed by atoms with van der Waals surface area (Å²) in [7, 11) is 0. The van der Waals surface area contributed by atoms with Crippen molar-refractivity contribution in [2.45, 2.75) is 20.8 Å². The summed E-state index contributed by atoms with van der Waals surface area (Å²) in [6.45, 7) is 5.36. The van der Waals surface area contributed by atoms with Crippen LogP contribution in [-0.2, 0) is 4.79 Å². The molecule has 1 amide bonds. The minimum Gasteiger partial charge on any atom is -0.297 e. The van der Waals surface area contributed by atoms with Gasteiger partial charge in [0, 0.05) is 17.1 Å². The van der Waals surface area contributed by atoms with Crippen molar-refractivity contribution >= 4 is 22.6 Å². The standard InChI is InChI=1S/C8H11N3OS/c1-4-5(2)7(12)10-8-9-6(3)11-13-8/h4H,1-3H3,(H,9,10,11,12)/b5-4-. The Morgan fingerprint density at radius 3 is 2.77 bits per heavy atom. The van der Waals surface area contributed by atoms with Crippen molar-refractivity contribution < 1.29 is 4.79 Å². The minimum atomic E-state index is -0.126. The molecule has 0 aliphatic heterocycles. The molecule has 1 aromatic rings. The number of carbonyl (C=O) groups is 1.